The quantitative estimate of drug-likeness (QED) is 0.0477. The summed E-state index contributed by atoms with van der Waals surface area (Å²) in [5, 5.41) is 108. The zero-order valence-electron chi connectivity index (χ0n) is 40.8. The molecule has 9 unspecified atom stereocenters. The van der Waals surface area contributed by atoms with Crippen LogP contribution >= 0.6 is 0 Å². The third-order valence-corrected chi connectivity index (χ3v) is 13.7. The molecule has 4 heterocycles. The van der Waals surface area contributed by atoms with Crippen molar-refractivity contribution in [2.24, 2.45) is 11.8 Å². The molecule has 24 nitrogen and oxygen atoms in total. The van der Waals surface area contributed by atoms with E-state index in [1.165, 1.54) is 23.7 Å². The van der Waals surface area contributed by atoms with Gasteiger partial charge in [0.05, 0.1) is 49.9 Å². The van der Waals surface area contributed by atoms with Gasteiger partial charge in [-0.2, -0.15) is 0 Å². The number of nitrogens with zero attached hydrogens (tertiary/aromatic N) is 3. The highest BCUT2D eigenvalue weighted by molar-refractivity contribution is 5.89. The Bertz CT molecular complexity index is 2260. The monoisotopic (exact) mass is 1030 g/mol. The normalized spacial score (nSPS) is 36.2. The molecule has 1 aromatic heterocycles. The summed E-state index contributed by atoms with van der Waals surface area (Å²) in [6.07, 6.45) is -23.1. The number of benzene rings is 2. The van der Waals surface area contributed by atoms with Crippen LogP contribution in [0.2, 0.25) is 0 Å². The number of hydrogen-bond donors (Lipinski definition) is 10. The van der Waals surface area contributed by atoms with E-state index in [1.54, 1.807) is 38.2 Å². The van der Waals surface area contributed by atoms with Crippen LogP contribution in [0.5, 0.6) is 0 Å². The van der Waals surface area contributed by atoms with E-state index in [1.807, 2.05) is 31.2 Å². The maximum atomic E-state index is 14.1. The summed E-state index contributed by atoms with van der Waals surface area (Å²) in [6.45, 7) is 5.05. The number of carbonyl (C=O) groups is 3. The summed E-state index contributed by atoms with van der Waals surface area (Å²) >= 11 is 0. The fraction of sp³-hybridized carbons (Fsp3) is 0.653. The van der Waals surface area contributed by atoms with Crippen LogP contribution in [0.25, 0.3) is 11.3 Å². The summed E-state index contributed by atoms with van der Waals surface area (Å²) in [4.78, 5) is 40.2. The minimum Gasteiger partial charge on any atom is -0.479 e. The van der Waals surface area contributed by atoms with Gasteiger partial charge in [-0.25, -0.2) is 14.3 Å². The van der Waals surface area contributed by atoms with Gasteiger partial charge in [0.25, 0.3) is 0 Å². The van der Waals surface area contributed by atoms with Crippen molar-refractivity contribution in [2.75, 3.05) is 26.4 Å². The van der Waals surface area contributed by atoms with Crippen LogP contribution in [0.1, 0.15) is 68.4 Å². The molecule has 3 saturated heterocycles. The molecule has 20 atom stereocenters. The highest BCUT2D eigenvalue weighted by Crippen LogP contribution is 2.39. The lowest BCUT2D eigenvalue weighted by Crippen LogP contribution is -2.64. The number of aromatic nitrogens is 3. The Hall–Kier alpha value is -4.61. The largest absolute Gasteiger partial charge is 0.479 e. The van der Waals surface area contributed by atoms with E-state index in [2.05, 4.69) is 15.6 Å². The summed E-state index contributed by atoms with van der Waals surface area (Å²) in [7, 11) is 0. The van der Waals surface area contributed by atoms with Gasteiger partial charge < -0.3 is 89.2 Å². The predicted octanol–water partition coefficient (Wildman–Crippen LogP) is -1.05. The van der Waals surface area contributed by atoms with Crippen LogP contribution in [0.15, 0.2) is 60.8 Å². The second-order valence-corrected chi connectivity index (χ2v) is 19.1. The molecule has 24 heteroatoms. The number of ether oxygens (including phenoxy) is 8. The average Bonchev–Trinajstić information content (AvgIpc) is 3.86. The van der Waals surface area contributed by atoms with Crippen molar-refractivity contribution < 1.29 is 98.2 Å². The van der Waals surface area contributed by atoms with Crippen molar-refractivity contribution >= 4 is 17.8 Å². The molecule has 0 spiro atoms. The van der Waals surface area contributed by atoms with E-state index < -0.39 is 153 Å². The van der Waals surface area contributed by atoms with E-state index in [-0.39, 0.29) is 38.0 Å². The van der Waals surface area contributed by atoms with Gasteiger partial charge in [-0.1, -0.05) is 67.4 Å². The highest BCUT2D eigenvalue weighted by atomic mass is 16.7. The Labute approximate surface area is 420 Å². The molecular weight excluding hydrogens is 965 g/mol. The number of aliphatic carboxylic acids is 1. The first kappa shape index (κ1) is 56.1. The van der Waals surface area contributed by atoms with Crippen LogP contribution < -0.4 is 5.32 Å². The number of amides is 1. The van der Waals surface area contributed by atoms with Crippen LogP contribution in [-0.4, -0.2) is 209 Å². The molecule has 404 valence electrons. The molecule has 0 radical (unpaired) electrons. The lowest BCUT2D eigenvalue weighted by molar-refractivity contribution is -0.349. The van der Waals surface area contributed by atoms with Gasteiger partial charge >= 0.3 is 11.9 Å². The molecular formula is C49H68N4O20. The molecule has 4 fully saturated rings. The van der Waals surface area contributed by atoms with Gasteiger partial charge in [0.2, 0.25) is 5.91 Å². The fourth-order valence-electron chi connectivity index (χ4n) is 9.75. The summed E-state index contributed by atoms with van der Waals surface area (Å²) in [5.41, 5.74) is 2.29. The first-order valence-electron chi connectivity index (χ1n) is 24.5. The molecule has 3 aliphatic heterocycles. The van der Waals surface area contributed by atoms with Crippen molar-refractivity contribution in [2.45, 2.75) is 164 Å². The second kappa shape index (κ2) is 25.3. The minimum atomic E-state index is -1.75. The van der Waals surface area contributed by atoms with Crippen LogP contribution in [0.4, 0.5) is 0 Å². The van der Waals surface area contributed by atoms with Crippen molar-refractivity contribution in [3.63, 3.8) is 0 Å². The van der Waals surface area contributed by atoms with Crippen LogP contribution in [0.3, 0.4) is 0 Å². The molecule has 0 bridgehead atoms. The highest BCUT2D eigenvalue weighted by Gasteiger charge is 2.54. The third kappa shape index (κ3) is 13.1. The number of aliphatic hydroxyl groups excluding tert-OH is 8. The van der Waals surface area contributed by atoms with Gasteiger partial charge in [-0.15, -0.1) is 5.10 Å². The number of nitrogens with one attached hydrogen (secondary N) is 1. The topological polar surface area (TPSA) is 350 Å². The van der Waals surface area contributed by atoms with Crippen molar-refractivity contribution in [1.82, 2.24) is 20.3 Å². The minimum absolute atomic E-state index is 0.00550. The van der Waals surface area contributed by atoms with Crippen LogP contribution in [0, 0.1) is 18.8 Å². The van der Waals surface area contributed by atoms with Gasteiger partial charge in [0.15, 0.2) is 31.1 Å². The molecule has 7 rings (SSSR count). The van der Waals surface area contributed by atoms with Gasteiger partial charge in [-0.3, -0.25) is 4.79 Å². The molecule has 1 amide bonds. The van der Waals surface area contributed by atoms with E-state index in [0.29, 0.717) is 12.1 Å². The first-order valence-corrected chi connectivity index (χ1v) is 24.5. The Kier molecular flexibility index (Phi) is 19.4. The predicted molar refractivity (Wildman–Crippen MR) is 249 cm³/mol. The van der Waals surface area contributed by atoms with Crippen molar-refractivity contribution in [3.05, 3.63) is 71.9 Å². The number of rotatable bonds is 20. The van der Waals surface area contributed by atoms with Crippen molar-refractivity contribution in [3.8, 4) is 11.3 Å². The fourth-order valence-corrected chi connectivity index (χ4v) is 9.75. The maximum absolute atomic E-state index is 14.1. The average molecular weight is 1030 g/mol. The summed E-state index contributed by atoms with van der Waals surface area (Å²) in [5.74, 6) is -4.25. The second-order valence-electron chi connectivity index (χ2n) is 19.1. The Balaban J connectivity index is 1.09. The maximum Gasteiger partial charge on any atom is 0.338 e. The SMILES string of the molecule is CCC[C@H](OC1C(OC(=O)c2ccccc2)[C@H](O[C@@H]2CC(C(=O)NCCO[C@H]3O[C@H](CO)[C@@H](O)C(n4cc(-c5cccc(C)c5)nn4)C3O)C[C@@H](C)C2O[C@@H]2OC(C)[C@@H](O)[C@H](O)C2O)OC(CO)[C@@H]1O)C(=O)O. The molecule has 1 saturated carbocycles. The van der Waals surface area contributed by atoms with E-state index in [4.69, 9.17) is 37.9 Å². The number of carboxylic acids is 1. The standard InChI is InChI=1S/C49H68N4O20/c1-5-10-30(45(63)64)68-42-37(58)33(22-55)71-49(43(42)72-46(65)26-12-7-6-8-13-26)69-31-19-28(18-24(3)41(31)73-48-40(61)39(60)35(56)25(4)67-48)44(62)50-15-16-66-47-38(59)34(36(57)32(21-54)70-47)53-20-29(51-52-53)27-14-9-11-23(2)17-27/h6-9,11-14,17,20,24-25,28,30-43,47-49,54-61H,5,10,15-16,18-19,21-22H2,1-4H3,(H,50,62)(H,63,64)/t24-,25?,28?,30+,31-,32-,33?,34?,35-,36-,37+,38?,39+,40?,41?,42?,43?,47+,48+,49-/m1/s1. The third-order valence-electron chi connectivity index (χ3n) is 13.7. The lowest BCUT2D eigenvalue weighted by Gasteiger charge is -2.48. The molecule has 2 aromatic carbocycles. The Morgan fingerprint density at radius 1 is 0.795 bits per heavy atom. The molecule has 1 aliphatic carbocycles. The number of aliphatic hydroxyl groups is 8. The van der Waals surface area contributed by atoms with Gasteiger partial charge in [-0.05, 0) is 57.2 Å². The van der Waals surface area contributed by atoms with Crippen LogP contribution in [-0.2, 0) is 47.5 Å². The lowest BCUT2D eigenvalue weighted by atomic mass is 9.77. The van der Waals surface area contributed by atoms with Gasteiger partial charge in [0.1, 0.15) is 66.7 Å². The zero-order valence-corrected chi connectivity index (χ0v) is 40.8. The smallest absolute Gasteiger partial charge is 0.338 e. The number of carbonyl (C=O) groups excluding carboxylic acids is 2. The first-order chi connectivity index (χ1) is 34.9. The number of carboxylic acid groups (broad SMARTS) is 1. The van der Waals surface area contributed by atoms with Crippen molar-refractivity contribution in [1.29, 1.82) is 0 Å². The molecule has 3 aromatic rings. The summed E-state index contributed by atoms with van der Waals surface area (Å²) in [6, 6.07) is 14.1. The number of esters is 1. The Morgan fingerprint density at radius 3 is 2.19 bits per heavy atom. The number of aryl methyl sites for hydroxylation is 1. The van der Waals surface area contributed by atoms with Gasteiger partial charge in [0, 0.05) is 18.0 Å². The van der Waals surface area contributed by atoms with E-state index >= 15 is 0 Å². The zero-order chi connectivity index (χ0) is 52.7. The molecule has 4 aliphatic rings. The molecule has 10 N–H and O–H groups in total. The summed E-state index contributed by atoms with van der Waals surface area (Å²) < 4.78 is 49.6. The van der Waals surface area contributed by atoms with E-state index in [9.17, 15) is 60.3 Å². The van der Waals surface area contributed by atoms with E-state index in [0.717, 1.165) is 11.1 Å². The Morgan fingerprint density at radius 2 is 1.51 bits per heavy atom. The molecule has 73 heavy (non-hydrogen) atoms. The number of hydrogen-bond acceptors (Lipinski definition) is 21.